The van der Waals surface area contributed by atoms with Crippen LogP contribution in [0.5, 0.6) is 5.88 Å². The molecule has 1 aliphatic heterocycles. The second-order valence-electron chi connectivity index (χ2n) is 5.09. The second kappa shape index (κ2) is 5.69. The minimum Gasteiger partial charge on any atom is -0.481 e. The van der Waals surface area contributed by atoms with Crippen molar-refractivity contribution in [2.24, 2.45) is 7.05 Å². The topological polar surface area (TPSA) is 74.1 Å². The van der Waals surface area contributed by atoms with E-state index in [1.807, 2.05) is 24.7 Å². The Kier molecular flexibility index (Phi) is 3.74. The van der Waals surface area contributed by atoms with Gasteiger partial charge in [-0.05, 0) is 19.4 Å². The number of nitrogens with one attached hydrogen (secondary N) is 1. The number of hydrogen-bond donors (Lipinski definition) is 1. The number of aromatic nitrogens is 4. The highest BCUT2D eigenvalue weighted by Gasteiger charge is 2.32. The molecule has 3 rings (SSSR count). The highest BCUT2D eigenvalue weighted by Crippen LogP contribution is 2.30. The molecule has 0 spiro atoms. The Morgan fingerprint density at radius 2 is 2.29 bits per heavy atom. The van der Waals surface area contributed by atoms with Gasteiger partial charge < -0.3 is 14.8 Å². The largest absolute Gasteiger partial charge is 0.481 e. The highest BCUT2D eigenvalue weighted by molar-refractivity contribution is 5.33. The summed E-state index contributed by atoms with van der Waals surface area (Å²) in [4.78, 5) is 8.73. The van der Waals surface area contributed by atoms with Crippen molar-refractivity contribution in [3.05, 3.63) is 29.7 Å². The summed E-state index contributed by atoms with van der Waals surface area (Å²) in [7, 11) is 3.52. The molecule has 0 aromatic carbocycles. The normalized spacial score (nSPS) is 21.5. The average Bonchev–Trinajstić information content (AvgIpc) is 3.06. The van der Waals surface area contributed by atoms with Crippen LogP contribution in [0.15, 0.2) is 18.3 Å². The molecule has 0 bridgehead atoms. The summed E-state index contributed by atoms with van der Waals surface area (Å²) >= 11 is 0. The van der Waals surface area contributed by atoms with Gasteiger partial charge in [0.1, 0.15) is 6.10 Å². The molecular weight excluding hydrogens is 270 g/mol. The van der Waals surface area contributed by atoms with Crippen molar-refractivity contribution in [3.63, 3.8) is 0 Å². The molecule has 0 saturated carbocycles. The first-order valence-electron chi connectivity index (χ1n) is 6.93. The van der Waals surface area contributed by atoms with Crippen LogP contribution in [0.1, 0.15) is 23.9 Å². The number of aryl methyl sites for hydroxylation is 2. The van der Waals surface area contributed by atoms with Gasteiger partial charge in [0.25, 0.3) is 0 Å². The fourth-order valence-corrected chi connectivity index (χ4v) is 2.57. The Hall–Kier alpha value is -2.15. The number of hydrogen-bond acceptors (Lipinski definition) is 6. The molecule has 7 heteroatoms. The molecule has 2 atom stereocenters. The maximum Gasteiger partial charge on any atom is 0.226 e. The summed E-state index contributed by atoms with van der Waals surface area (Å²) in [6.45, 7) is 2.62. The minimum absolute atomic E-state index is 0.0485. The van der Waals surface area contributed by atoms with Crippen molar-refractivity contribution in [2.75, 3.05) is 19.0 Å². The number of anilines is 1. The van der Waals surface area contributed by atoms with Crippen molar-refractivity contribution in [2.45, 2.75) is 25.5 Å². The molecule has 1 N–H and O–H groups in total. The molecule has 1 fully saturated rings. The lowest BCUT2D eigenvalue weighted by molar-refractivity contribution is 0.101. The van der Waals surface area contributed by atoms with E-state index in [1.54, 1.807) is 19.4 Å². The molecule has 0 radical (unpaired) electrons. The van der Waals surface area contributed by atoms with Gasteiger partial charge in [0.05, 0.1) is 18.8 Å². The van der Waals surface area contributed by atoms with Crippen LogP contribution in [0.4, 0.5) is 5.95 Å². The van der Waals surface area contributed by atoms with Crippen molar-refractivity contribution in [1.82, 2.24) is 19.7 Å². The molecule has 0 unspecified atom stereocenters. The molecule has 112 valence electrons. The van der Waals surface area contributed by atoms with Gasteiger partial charge in [-0.15, -0.1) is 0 Å². The zero-order chi connectivity index (χ0) is 14.8. The fraction of sp³-hybridized carbons (Fsp3) is 0.500. The van der Waals surface area contributed by atoms with Crippen LogP contribution in [0.2, 0.25) is 0 Å². The fourth-order valence-electron chi connectivity index (χ4n) is 2.57. The van der Waals surface area contributed by atoms with E-state index in [9.17, 15) is 0 Å². The summed E-state index contributed by atoms with van der Waals surface area (Å²) < 4.78 is 12.9. The Balaban J connectivity index is 1.81. The standard InChI is InChI=1S/C14H19N5O2/c1-9-8-12(20-3)18-14(16-9)17-10-5-7-21-13(10)11-4-6-15-19(11)2/h4,6,8,10,13H,5,7H2,1-3H3,(H,16,17,18)/t10-,13-/m0/s1. The van der Waals surface area contributed by atoms with E-state index in [4.69, 9.17) is 9.47 Å². The van der Waals surface area contributed by atoms with E-state index >= 15 is 0 Å². The zero-order valence-corrected chi connectivity index (χ0v) is 12.4. The third-order valence-corrected chi connectivity index (χ3v) is 3.60. The molecule has 3 heterocycles. The summed E-state index contributed by atoms with van der Waals surface area (Å²) in [5.41, 5.74) is 1.91. The first kappa shape index (κ1) is 13.8. The van der Waals surface area contributed by atoms with E-state index in [0.717, 1.165) is 17.8 Å². The van der Waals surface area contributed by atoms with Crippen LogP contribution in [0.25, 0.3) is 0 Å². The van der Waals surface area contributed by atoms with Gasteiger partial charge in [0.15, 0.2) is 0 Å². The van der Waals surface area contributed by atoms with Gasteiger partial charge in [0.2, 0.25) is 11.8 Å². The van der Waals surface area contributed by atoms with Crippen LogP contribution in [0.3, 0.4) is 0 Å². The van der Waals surface area contributed by atoms with E-state index in [0.29, 0.717) is 18.4 Å². The number of ether oxygens (including phenoxy) is 2. The lowest BCUT2D eigenvalue weighted by atomic mass is 10.1. The maximum atomic E-state index is 5.84. The molecule has 1 saturated heterocycles. The van der Waals surface area contributed by atoms with Crippen molar-refractivity contribution < 1.29 is 9.47 Å². The number of nitrogens with zero attached hydrogens (tertiary/aromatic N) is 4. The van der Waals surface area contributed by atoms with Crippen LogP contribution in [-0.4, -0.2) is 39.5 Å². The lowest BCUT2D eigenvalue weighted by Gasteiger charge is -2.20. The Bertz CT molecular complexity index is 628. The third kappa shape index (κ3) is 2.82. The maximum absolute atomic E-state index is 5.84. The van der Waals surface area contributed by atoms with Gasteiger partial charge in [-0.2, -0.15) is 10.1 Å². The highest BCUT2D eigenvalue weighted by atomic mass is 16.5. The van der Waals surface area contributed by atoms with Gasteiger partial charge in [-0.25, -0.2) is 4.98 Å². The predicted molar refractivity (Wildman–Crippen MR) is 77.2 cm³/mol. The van der Waals surface area contributed by atoms with Crippen LogP contribution < -0.4 is 10.1 Å². The monoisotopic (exact) mass is 289 g/mol. The van der Waals surface area contributed by atoms with E-state index < -0.39 is 0 Å². The zero-order valence-electron chi connectivity index (χ0n) is 12.4. The molecule has 2 aromatic rings. The number of methoxy groups -OCH3 is 1. The quantitative estimate of drug-likeness (QED) is 0.918. The number of rotatable bonds is 4. The SMILES string of the molecule is COc1cc(C)nc(N[C@H]2CCO[C@@H]2c2ccnn2C)n1. The van der Waals surface area contributed by atoms with E-state index in [1.165, 1.54) is 0 Å². The summed E-state index contributed by atoms with van der Waals surface area (Å²) in [6.07, 6.45) is 2.63. The van der Waals surface area contributed by atoms with Crippen molar-refractivity contribution in [3.8, 4) is 5.88 Å². The Morgan fingerprint density at radius 3 is 3.00 bits per heavy atom. The lowest BCUT2D eigenvalue weighted by Crippen LogP contribution is -2.26. The van der Waals surface area contributed by atoms with Gasteiger partial charge in [0, 0.05) is 31.6 Å². The Morgan fingerprint density at radius 1 is 1.43 bits per heavy atom. The summed E-state index contributed by atoms with van der Waals surface area (Å²) in [5.74, 6) is 1.12. The third-order valence-electron chi connectivity index (χ3n) is 3.60. The van der Waals surface area contributed by atoms with Crippen LogP contribution in [-0.2, 0) is 11.8 Å². The van der Waals surface area contributed by atoms with Crippen LogP contribution in [0, 0.1) is 6.92 Å². The summed E-state index contributed by atoms with van der Waals surface area (Å²) in [5, 5.41) is 7.56. The minimum atomic E-state index is -0.0485. The first-order valence-corrected chi connectivity index (χ1v) is 6.93. The second-order valence-corrected chi connectivity index (χ2v) is 5.09. The summed E-state index contributed by atoms with van der Waals surface area (Å²) in [6, 6.07) is 3.89. The molecule has 2 aromatic heterocycles. The van der Waals surface area contributed by atoms with Crippen molar-refractivity contribution >= 4 is 5.95 Å². The molecule has 21 heavy (non-hydrogen) atoms. The Labute approximate surface area is 123 Å². The van der Waals surface area contributed by atoms with Gasteiger partial charge in [-0.1, -0.05) is 0 Å². The smallest absolute Gasteiger partial charge is 0.226 e. The van der Waals surface area contributed by atoms with Gasteiger partial charge in [-0.3, -0.25) is 4.68 Å². The predicted octanol–water partition coefficient (Wildman–Crippen LogP) is 1.47. The molecule has 7 nitrogen and oxygen atoms in total. The molecule has 1 aliphatic rings. The molecule has 0 aliphatic carbocycles. The van der Waals surface area contributed by atoms with Crippen molar-refractivity contribution in [1.29, 1.82) is 0 Å². The molecule has 0 amide bonds. The van der Waals surface area contributed by atoms with Gasteiger partial charge >= 0.3 is 0 Å². The van der Waals surface area contributed by atoms with E-state index in [2.05, 4.69) is 20.4 Å². The van der Waals surface area contributed by atoms with E-state index in [-0.39, 0.29) is 12.1 Å². The average molecular weight is 289 g/mol. The molecular formula is C14H19N5O2. The first-order chi connectivity index (χ1) is 10.2. The van der Waals surface area contributed by atoms with Crippen LogP contribution >= 0.6 is 0 Å².